The largest absolute Gasteiger partial charge is 0.480 e. The molecule has 104 valence electrons. The minimum Gasteiger partial charge on any atom is -0.480 e. The predicted molar refractivity (Wildman–Crippen MR) is 67.2 cm³/mol. The number of halogens is 1. The summed E-state index contributed by atoms with van der Waals surface area (Å²) in [6.07, 6.45) is 0. The first-order chi connectivity index (χ1) is 9.51. The maximum atomic E-state index is 13.5. The van der Waals surface area contributed by atoms with Crippen LogP contribution in [-0.2, 0) is 6.54 Å². The number of rotatable bonds is 4. The smallest absolute Gasteiger partial charge is 0.304 e. The van der Waals surface area contributed by atoms with E-state index in [1.807, 2.05) is 0 Å². The van der Waals surface area contributed by atoms with Crippen molar-refractivity contribution in [3.8, 4) is 5.88 Å². The molecule has 8 heteroatoms. The van der Waals surface area contributed by atoms with E-state index in [2.05, 4.69) is 5.10 Å². The van der Waals surface area contributed by atoms with E-state index >= 15 is 0 Å². The van der Waals surface area contributed by atoms with Crippen molar-refractivity contribution in [1.29, 1.82) is 0 Å². The molecule has 0 bridgehead atoms. The average molecular weight is 279 g/mol. The summed E-state index contributed by atoms with van der Waals surface area (Å²) in [6.45, 7) is -0.00898. The van der Waals surface area contributed by atoms with Crippen LogP contribution >= 0.6 is 0 Å². The fraction of sp³-hybridized carbons (Fsp3) is 0.167. The van der Waals surface area contributed by atoms with Crippen molar-refractivity contribution in [2.24, 2.45) is 0 Å². The Morgan fingerprint density at radius 3 is 2.75 bits per heavy atom. The Morgan fingerprint density at radius 2 is 2.15 bits per heavy atom. The first kappa shape index (κ1) is 13.7. The Labute approximate surface area is 112 Å². The van der Waals surface area contributed by atoms with Gasteiger partial charge < -0.3 is 4.74 Å². The summed E-state index contributed by atoms with van der Waals surface area (Å²) in [5, 5.41) is 14.4. The van der Waals surface area contributed by atoms with Crippen molar-refractivity contribution < 1.29 is 14.1 Å². The van der Waals surface area contributed by atoms with E-state index in [-0.39, 0.29) is 18.0 Å². The van der Waals surface area contributed by atoms with Gasteiger partial charge in [0.05, 0.1) is 18.6 Å². The van der Waals surface area contributed by atoms with E-state index in [1.165, 1.54) is 25.3 Å². The van der Waals surface area contributed by atoms with Crippen LogP contribution in [0.4, 0.5) is 10.1 Å². The van der Waals surface area contributed by atoms with Crippen molar-refractivity contribution in [2.45, 2.75) is 6.54 Å². The lowest BCUT2D eigenvalue weighted by Crippen LogP contribution is -2.22. The zero-order valence-corrected chi connectivity index (χ0v) is 10.4. The lowest BCUT2D eigenvalue weighted by Gasteiger charge is -2.06. The van der Waals surface area contributed by atoms with Crippen LogP contribution < -0.4 is 10.3 Å². The highest BCUT2D eigenvalue weighted by molar-refractivity contribution is 5.35. The van der Waals surface area contributed by atoms with Crippen LogP contribution in [0.15, 0.2) is 35.1 Å². The summed E-state index contributed by atoms with van der Waals surface area (Å²) >= 11 is 0. The zero-order valence-electron chi connectivity index (χ0n) is 10.4. The van der Waals surface area contributed by atoms with Gasteiger partial charge >= 0.3 is 5.69 Å². The molecule has 0 amide bonds. The second-order valence-corrected chi connectivity index (χ2v) is 3.91. The molecular weight excluding hydrogens is 269 g/mol. The first-order valence-electron chi connectivity index (χ1n) is 5.56. The highest BCUT2D eigenvalue weighted by atomic mass is 19.1. The molecule has 1 heterocycles. The Balaban J connectivity index is 2.33. The Kier molecular flexibility index (Phi) is 3.74. The average Bonchev–Trinajstić information content (AvgIpc) is 2.41. The minimum atomic E-state index is -0.955. The van der Waals surface area contributed by atoms with Crippen LogP contribution in [0.3, 0.4) is 0 Å². The summed E-state index contributed by atoms with van der Waals surface area (Å²) in [5.74, 6) is -0.713. The van der Waals surface area contributed by atoms with Crippen LogP contribution in [0.2, 0.25) is 0 Å². The molecule has 0 unspecified atom stereocenters. The van der Waals surface area contributed by atoms with Gasteiger partial charge in [-0.3, -0.25) is 14.9 Å². The molecule has 0 spiro atoms. The summed E-state index contributed by atoms with van der Waals surface area (Å²) < 4.78 is 19.4. The van der Waals surface area contributed by atoms with Crippen molar-refractivity contribution >= 4 is 5.69 Å². The van der Waals surface area contributed by atoms with Crippen LogP contribution in [0.5, 0.6) is 5.88 Å². The third kappa shape index (κ3) is 2.79. The number of nitro groups is 1. The monoisotopic (exact) mass is 279 g/mol. The molecule has 7 nitrogen and oxygen atoms in total. The third-order valence-corrected chi connectivity index (χ3v) is 2.59. The van der Waals surface area contributed by atoms with Crippen LogP contribution in [0.25, 0.3) is 0 Å². The number of benzene rings is 1. The van der Waals surface area contributed by atoms with Gasteiger partial charge in [-0.25, -0.2) is 4.68 Å². The highest BCUT2D eigenvalue weighted by Crippen LogP contribution is 2.18. The molecule has 0 aliphatic carbocycles. The lowest BCUT2D eigenvalue weighted by atomic mass is 10.2. The molecule has 2 rings (SSSR count). The standard InChI is InChI=1S/C12H10FN3O4/c1-20-11-4-5-12(17)15(14-11)7-8-2-3-10(16(18)19)9(13)6-8/h2-6H,7H2,1H3. The summed E-state index contributed by atoms with van der Waals surface area (Å²) in [4.78, 5) is 21.3. The molecule has 0 saturated carbocycles. The third-order valence-electron chi connectivity index (χ3n) is 2.59. The molecule has 0 fully saturated rings. The van der Waals surface area contributed by atoms with Gasteiger partial charge in [0.25, 0.3) is 5.56 Å². The topological polar surface area (TPSA) is 87.3 Å². The number of hydrogen-bond donors (Lipinski definition) is 0. The van der Waals surface area contributed by atoms with E-state index in [0.29, 0.717) is 5.56 Å². The van der Waals surface area contributed by atoms with Crippen molar-refractivity contribution in [2.75, 3.05) is 7.11 Å². The van der Waals surface area contributed by atoms with E-state index < -0.39 is 16.4 Å². The normalized spacial score (nSPS) is 10.3. The molecule has 0 radical (unpaired) electrons. The summed E-state index contributed by atoms with van der Waals surface area (Å²) in [5.41, 5.74) is -0.611. The number of hydrogen-bond acceptors (Lipinski definition) is 5. The van der Waals surface area contributed by atoms with E-state index in [4.69, 9.17) is 4.74 Å². The van der Waals surface area contributed by atoms with Gasteiger partial charge in [-0.1, -0.05) is 6.07 Å². The molecule has 0 aliphatic rings. The van der Waals surface area contributed by atoms with Gasteiger partial charge in [-0.05, 0) is 11.6 Å². The lowest BCUT2D eigenvalue weighted by molar-refractivity contribution is -0.387. The predicted octanol–water partition coefficient (Wildman–Crippen LogP) is 1.35. The molecule has 20 heavy (non-hydrogen) atoms. The maximum Gasteiger partial charge on any atom is 0.304 e. The van der Waals surface area contributed by atoms with Gasteiger partial charge in [0.1, 0.15) is 0 Å². The van der Waals surface area contributed by atoms with Gasteiger partial charge in [-0.15, -0.1) is 5.10 Å². The molecule has 1 aromatic heterocycles. The summed E-state index contributed by atoms with van der Waals surface area (Å²) in [7, 11) is 1.41. The second kappa shape index (κ2) is 5.47. The molecule has 1 aromatic carbocycles. The van der Waals surface area contributed by atoms with Crippen molar-refractivity contribution in [3.05, 3.63) is 62.2 Å². The Hall–Kier alpha value is -2.77. The molecular formula is C12H10FN3O4. The Bertz CT molecular complexity index is 714. The molecule has 2 aromatic rings. The number of ether oxygens (including phenoxy) is 1. The second-order valence-electron chi connectivity index (χ2n) is 3.91. The zero-order chi connectivity index (χ0) is 14.7. The number of aromatic nitrogens is 2. The van der Waals surface area contributed by atoms with Crippen molar-refractivity contribution in [1.82, 2.24) is 9.78 Å². The number of nitro benzene ring substituents is 1. The highest BCUT2D eigenvalue weighted by Gasteiger charge is 2.14. The molecule has 0 aliphatic heterocycles. The fourth-order valence-electron chi connectivity index (χ4n) is 1.62. The van der Waals surface area contributed by atoms with Crippen LogP contribution in [-0.4, -0.2) is 21.8 Å². The fourth-order valence-corrected chi connectivity index (χ4v) is 1.62. The SMILES string of the molecule is COc1ccc(=O)n(Cc2ccc([N+](=O)[O-])c(F)c2)n1. The van der Waals surface area contributed by atoms with E-state index in [0.717, 1.165) is 16.8 Å². The van der Waals surface area contributed by atoms with Gasteiger partial charge in [0.2, 0.25) is 11.7 Å². The first-order valence-corrected chi connectivity index (χ1v) is 5.56. The van der Waals surface area contributed by atoms with Gasteiger partial charge in [-0.2, -0.15) is 4.39 Å². The van der Waals surface area contributed by atoms with Crippen LogP contribution in [0.1, 0.15) is 5.56 Å². The maximum absolute atomic E-state index is 13.5. The van der Waals surface area contributed by atoms with E-state index in [1.54, 1.807) is 0 Å². The summed E-state index contributed by atoms with van der Waals surface area (Å²) in [6, 6.07) is 6.11. The van der Waals surface area contributed by atoms with Gasteiger partial charge in [0.15, 0.2) is 0 Å². The van der Waals surface area contributed by atoms with Crippen LogP contribution in [0, 0.1) is 15.9 Å². The van der Waals surface area contributed by atoms with Gasteiger partial charge in [0, 0.05) is 18.2 Å². The molecule has 0 N–H and O–H groups in total. The minimum absolute atomic E-state index is 0.00898. The number of methoxy groups -OCH3 is 1. The number of nitrogens with zero attached hydrogens (tertiary/aromatic N) is 3. The molecule has 0 atom stereocenters. The molecule has 0 saturated heterocycles. The van der Waals surface area contributed by atoms with E-state index in [9.17, 15) is 19.3 Å². The quantitative estimate of drug-likeness (QED) is 0.622. The Morgan fingerprint density at radius 1 is 1.40 bits per heavy atom. The van der Waals surface area contributed by atoms with Crippen molar-refractivity contribution in [3.63, 3.8) is 0 Å².